The van der Waals surface area contributed by atoms with Gasteiger partial charge in [-0.1, -0.05) is 23.7 Å². The van der Waals surface area contributed by atoms with E-state index in [0.717, 1.165) is 27.3 Å². The van der Waals surface area contributed by atoms with Gasteiger partial charge in [-0.2, -0.15) is 4.98 Å². The highest BCUT2D eigenvalue weighted by Gasteiger charge is 2.09. The lowest BCUT2D eigenvalue weighted by Gasteiger charge is -2.06. The van der Waals surface area contributed by atoms with E-state index >= 15 is 0 Å². The number of hydrogen-bond acceptors (Lipinski definition) is 3. The van der Waals surface area contributed by atoms with Crippen molar-refractivity contribution in [2.45, 2.75) is 6.92 Å². The molecular formula is C15H12ClN5. The number of imidazole rings is 1. The average Bonchev–Trinajstić information content (AvgIpc) is 2.99. The molecular weight excluding hydrogens is 286 g/mol. The second kappa shape index (κ2) is 4.49. The minimum atomic E-state index is 0.644. The normalized spacial score (nSPS) is 11.3. The first-order chi connectivity index (χ1) is 10.2. The third-order valence-electron chi connectivity index (χ3n) is 3.41. The highest BCUT2D eigenvalue weighted by molar-refractivity contribution is 6.30. The quantitative estimate of drug-likeness (QED) is 0.589. The molecule has 21 heavy (non-hydrogen) atoms. The molecule has 0 saturated heterocycles. The summed E-state index contributed by atoms with van der Waals surface area (Å²) in [4.78, 5) is 8.93. The molecule has 0 aliphatic heterocycles. The van der Waals surface area contributed by atoms with Gasteiger partial charge < -0.3 is 5.32 Å². The first-order valence-corrected chi connectivity index (χ1v) is 6.95. The Morgan fingerprint density at radius 3 is 2.86 bits per heavy atom. The molecule has 0 radical (unpaired) electrons. The van der Waals surface area contributed by atoms with Crippen molar-refractivity contribution in [2.24, 2.45) is 0 Å². The summed E-state index contributed by atoms with van der Waals surface area (Å²) in [5.41, 5.74) is 3.94. The first-order valence-electron chi connectivity index (χ1n) is 6.57. The van der Waals surface area contributed by atoms with Gasteiger partial charge in [-0.05, 0) is 42.8 Å². The number of nitrogens with one attached hydrogen (secondary N) is 2. The van der Waals surface area contributed by atoms with Crippen molar-refractivity contribution in [3.05, 3.63) is 53.1 Å². The van der Waals surface area contributed by atoms with E-state index in [2.05, 4.69) is 20.4 Å². The van der Waals surface area contributed by atoms with Gasteiger partial charge in [0.2, 0.25) is 5.95 Å². The minimum absolute atomic E-state index is 0.644. The molecule has 0 unspecified atom stereocenters. The Kier molecular flexibility index (Phi) is 2.62. The van der Waals surface area contributed by atoms with Crippen molar-refractivity contribution in [3.8, 4) is 0 Å². The van der Waals surface area contributed by atoms with Crippen LogP contribution in [0.1, 0.15) is 5.56 Å². The summed E-state index contributed by atoms with van der Waals surface area (Å²) in [5, 5.41) is 7.18. The van der Waals surface area contributed by atoms with E-state index in [1.54, 1.807) is 0 Å². The van der Waals surface area contributed by atoms with Crippen LogP contribution in [0.5, 0.6) is 0 Å². The number of benzene rings is 2. The fourth-order valence-corrected chi connectivity index (χ4v) is 2.61. The van der Waals surface area contributed by atoms with Crippen LogP contribution in [0.15, 0.2) is 42.5 Å². The predicted octanol–water partition coefficient (Wildman–Crippen LogP) is 3.92. The summed E-state index contributed by atoms with van der Waals surface area (Å²) in [5.74, 6) is 1.29. The summed E-state index contributed by atoms with van der Waals surface area (Å²) in [6.07, 6.45) is 0. The Bertz CT molecular complexity index is 953. The standard InChI is InChI=1S/C15H12ClN5/c1-9-8-10(16)6-7-11(9)17-14-19-15-18-12-4-2-3-5-13(12)21(15)20-14/h2-8H,1H3,(H2,17,18,19,20). The summed E-state index contributed by atoms with van der Waals surface area (Å²) in [7, 11) is 0. The second-order valence-corrected chi connectivity index (χ2v) is 5.33. The maximum Gasteiger partial charge on any atom is 0.253 e. The van der Waals surface area contributed by atoms with E-state index in [0.29, 0.717) is 11.7 Å². The van der Waals surface area contributed by atoms with Gasteiger partial charge in [0.05, 0.1) is 11.0 Å². The van der Waals surface area contributed by atoms with Crippen LogP contribution in [-0.2, 0) is 0 Å². The Morgan fingerprint density at radius 2 is 2.00 bits per heavy atom. The number of aromatic nitrogens is 4. The lowest BCUT2D eigenvalue weighted by Crippen LogP contribution is -1.95. The van der Waals surface area contributed by atoms with Gasteiger partial charge >= 0.3 is 0 Å². The number of fused-ring (bicyclic) bond motifs is 3. The van der Waals surface area contributed by atoms with Crippen molar-refractivity contribution in [1.29, 1.82) is 0 Å². The lowest BCUT2D eigenvalue weighted by atomic mass is 10.2. The van der Waals surface area contributed by atoms with Crippen molar-refractivity contribution in [3.63, 3.8) is 0 Å². The van der Waals surface area contributed by atoms with E-state index in [1.165, 1.54) is 0 Å². The van der Waals surface area contributed by atoms with E-state index in [4.69, 9.17) is 11.6 Å². The van der Waals surface area contributed by atoms with Gasteiger partial charge in [-0.25, -0.2) is 9.50 Å². The number of aromatic amines is 1. The maximum absolute atomic E-state index is 5.97. The average molecular weight is 298 g/mol. The molecule has 0 aliphatic carbocycles. The Hall–Kier alpha value is -2.53. The molecule has 4 rings (SSSR count). The first kappa shape index (κ1) is 12.2. The largest absolute Gasteiger partial charge is 0.324 e. The van der Waals surface area contributed by atoms with Crippen LogP contribution < -0.4 is 5.32 Å². The van der Waals surface area contributed by atoms with Gasteiger partial charge in [-0.3, -0.25) is 5.10 Å². The molecule has 0 atom stereocenters. The molecule has 2 heterocycles. The summed E-state index contributed by atoms with van der Waals surface area (Å²) < 4.78 is 1.86. The van der Waals surface area contributed by atoms with Gasteiger partial charge in [0.1, 0.15) is 0 Å². The van der Waals surface area contributed by atoms with E-state index in [-0.39, 0.29) is 0 Å². The van der Waals surface area contributed by atoms with Crippen molar-refractivity contribution in [2.75, 3.05) is 5.32 Å². The van der Waals surface area contributed by atoms with Crippen LogP contribution in [-0.4, -0.2) is 19.6 Å². The molecule has 104 valence electrons. The highest BCUT2D eigenvalue weighted by Crippen LogP contribution is 2.23. The topological polar surface area (TPSA) is 58.0 Å². The van der Waals surface area contributed by atoms with Crippen LogP contribution in [0.25, 0.3) is 16.8 Å². The number of nitrogens with zero attached hydrogens (tertiary/aromatic N) is 3. The molecule has 2 aromatic carbocycles. The molecule has 0 spiro atoms. The Balaban J connectivity index is 1.77. The van der Waals surface area contributed by atoms with Crippen LogP contribution >= 0.6 is 11.6 Å². The number of rotatable bonds is 2. The molecule has 0 bridgehead atoms. The van der Waals surface area contributed by atoms with Gasteiger partial charge in [0.25, 0.3) is 5.78 Å². The van der Waals surface area contributed by atoms with E-state index < -0.39 is 0 Å². The monoisotopic (exact) mass is 297 g/mol. The number of para-hydroxylation sites is 2. The highest BCUT2D eigenvalue weighted by atomic mass is 35.5. The molecule has 6 heteroatoms. The van der Waals surface area contributed by atoms with Crippen LogP contribution in [0.4, 0.5) is 11.6 Å². The summed E-state index contributed by atoms with van der Waals surface area (Å²) >= 11 is 5.97. The van der Waals surface area contributed by atoms with E-state index in [1.807, 2.05) is 53.9 Å². The van der Waals surface area contributed by atoms with Crippen molar-refractivity contribution < 1.29 is 0 Å². The molecule has 2 aromatic heterocycles. The maximum atomic E-state index is 5.97. The number of halogens is 1. The summed E-state index contributed by atoms with van der Waals surface area (Å²) in [6, 6.07) is 13.6. The molecule has 0 saturated carbocycles. The molecule has 0 amide bonds. The number of anilines is 2. The van der Waals surface area contributed by atoms with Gasteiger partial charge in [0, 0.05) is 10.7 Å². The summed E-state index contributed by atoms with van der Waals surface area (Å²) in [6.45, 7) is 2.00. The van der Waals surface area contributed by atoms with Gasteiger partial charge in [-0.15, -0.1) is 0 Å². The van der Waals surface area contributed by atoms with Gasteiger partial charge in [0.15, 0.2) is 0 Å². The van der Waals surface area contributed by atoms with Crippen molar-refractivity contribution in [1.82, 2.24) is 19.6 Å². The zero-order valence-electron chi connectivity index (χ0n) is 11.3. The molecule has 0 aliphatic rings. The molecule has 2 N–H and O–H groups in total. The molecule has 0 fully saturated rings. The molecule has 4 aromatic rings. The Labute approximate surface area is 125 Å². The zero-order chi connectivity index (χ0) is 14.4. The van der Waals surface area contributed by atoms with E-state index in [9.17, 15) is 0 Å². The fraction of sp³-hybridized carbons (Fsp3) is 0.0667. The third kappa shape index (κ3) is 2.02. The third-order valence-corrected chi connectivity index (χ3v) is 3.65. The lowest BCUT2D eigenvalue weighted by molar-refractivity contribution is 1.01. The fourth-order valence-electron chi connectivity index (χ4n) is 2.38. The predicted molar refractivity (Wildman–Crippen MR) is 84.3 cm³/mol. The zero-order valence-corrected chi connectivity index (χ0v) is 12.0. The van der Waals surface area contributed by atoms with Crippen LogP contribution in [0.3, 0.4) is 0 Å². The van der Waals surface area contributed by atoms with Crippen LogP contribution in [0, 0.1) is 6.92 Å². The number of H-pyrrole nitrogens is 1. The van der Waals surface area contributed by atoms with Crippen LogP contribution in [0.2, 0.25) is 5.02 Å². The second-order valence-electron chi connectivity index (χ2n) is 4.89. The number of aryl methyl sites for hydroxylation is 1. The number of hydrogen-bond donors (Lipinski definition) is 2. The SMILES string of the molecule is Cc1cc(Cl)ccc1Nc1nc2nc3ccccc3n2[nH]1. The smallest absolute Gasteiger partial charge is 0.253 e. The molecule has 5 nitrogen and oxygen atoms in total. The Morgan fingerprint density at radius 1 is 1.14 bits per heavy atom. The minimum Gasteiger partial charge on any atom is -0.324 e. The van der Waals surface area contributed by atoms with Crippen molar-refractivity contribution >= 4 is 40.0 Å².